The number of carbonyl (C=O) groups is 1. The van der Waals surface area contributed by atoms with Gasteiger partial charge in [0.15, 0.2) is 0 Å². The summed E-state index contributed by atoms with van der Waals surface area (Å²) in [6.07, 6.45) is 2.07. The average molecular weight is 288 g/mol. The van der Waals surface area contributed by atoms with Crippen LogP contribution in [0.15, 0.2) is 24.3 Å². The highest BCUT2D eigenvalue weighted by Gasteiger charge is 2.36. The summed E-state index contributed by atoms with van der Waals surface area (Å²) in [5, 5.41) is 3.04. The van der Waals surface area contributed by atoms with E-state index in [9.17, 15) is 4.79 Å². The van der Waals surface area contributed by atoms with Gasteiger partial charge in [-0.05, 0) is 37.1 Å². The van der Waals surface area contributed by atoms with Crippen molar-refractivity contribution in [2.75, 3.05) is 12.3 Å². The molecule has 0 aliphatic carbocycles. The molecule has 0 bridgehead atoms. The van der Waals surface area contributed by atoms with Gasteiger partial charge in [-0.15, -0.1) is 11.8 Å². The predicted molar refractivity (Wildman–Crippen MR) is 84.3 cm³/mol. The van der Waals surface area contributed by atoms with E-state index in [1.54, 1.807) is 11.8 Å². The maximum absolute atomic E-state index is 12.3. The first-order valence-electron chi connectivity index (χ1n) is 6.85. The van der Waals surface area contributed by atoms with Gasteiger partial charge in [-0.25, -0.2) is 0 Å². The molecule has 1 fully saturated rings. The minimum absolute atomic E-state index is 0.126. The Labute approximate surface area is 124 Å². The Kier molecular flexibility index (Phi) is 5.11. The van der Waals surface area contributed by atoms with Crippen molar-refractivity contribution < 1.29 is 4.79 Å². The standard InChI is InChI=1S/C16H20N2OS/c1-16(9-5-11-20-16)15(19)18-12-14-7-3-2-6-13(14)8-4-10-17/h2-3,6-7H,5,9-12,17H2,1H3,(H,18,19). The second-order valence-electron chi connectivity index (χ2n) is 5.03. The Balaban J connectivity index is 2.02. The van der Waals surface area contributed by atoms with E-state index >= 15 is 0 Å². The van der Waals surface area contributed by atoms with E-state index in [2.05, 4.69) is 17.2 Å². The summed E-state index contributed by atoms with van der Waals surface area (Å²) >= 11 is 1.75. The van der Waals surface area contributed by atoms with Gasteiger partial charge in [0.2, 0.25) is 5.91 Å². The maximum atomic E-state index is 12.3. The normalized spacial score (nSPS) is 21.1. The molecule has 1 saturated heterocycles. The Morgan fingerprint density at radius 3 is 3.00 bits per heavy atom. The van der Waals surface area contributed by atoms with Gasteiger partial charge in [0.1, 0.15) is 0 Å². The molecule has 4 heteroatoms. The van der Waals surface area contributed by atoms with E-state index in [-0.39, 0.29) is 10.7 Å². The van der Waals surface area contributed by atoms with Crippen molar-refractivity contribution in [3.8, 4) is 11.8 Å². The molecule has 3 N–H and O–H groups in total. The third-order valence-electron chi connectivity index (χ3n) is 3.48. The summed E-state index contributed by atoms with van der Waals surface area (Å²) in [4.78, 5) is 12.3. The largest absolute Gasteiger partial charge is 0.351 e. The van der Waals surface area contributed by atoms with Crippen molar-refractivity contribution in [2.45, 2.75) is 31.1 Å². The summed E-state index contributed by atoms with van der Waals surface area (Å²) in [5.74, 6) is 7.10. The number of hydrogen-bond acceptors (Lipinski definition) is 3. The van der Waals surface area contributed by atoms with Gasteiger partial charge in [0, 0.05) is 12.1 Å². The van der Waals surface area contributed by atoms with Gasteiger partial charge >= 0.3 is 0 Å². The van der Waals surface area contributed by atoms with E-state index in [0.717, 1.165) is 29.7 Å². The van der Waals surface area contributed by atoms with Gasteiger partial charge in [-0.3, -0.25) is 4.79 Å². The topological polar surface area (TPSA) is 55.1 Å². The Bertz CT molecular complexity index is 539. The number of thioether (sulfide) groups is 1. The van der Waals surface area contributed by atoms with Gasteiger partial charge in [-0.2, -0.15) is 0 Å². The van der Waals surface area contributed by atoms with Crippen LogP contribution in [0.5, 0.6) is 0 Å². The first-order valence-corrected chi connectivity index (χ1v) is 7.83. The number of rotatable bonds is 3. The number of hydrogen-bond donors (Lipinski definition) is 2. The summed E-state index contributed by atoms with van der Waals surface area (Å²) in [5.41, 5.74) is 7.37. The first-order chi connectivity index (χ1) is 9.65. The molecule has 1 amide bonds. The minimum Gasteiger partial charge on any atom is -0.351 e. The zero-order chi connectivity index (χ0) is 14.4. The molecule has 1 unspecified atom stereocenters. The molecule has 1 aliphatic rings. The van der Waals surface area contributed by atoms with E-state index in [1.807, 2.05) is 31.2 Å². The van der Waals surface area contributed by atoms with Crippen molar-refractivity contribution in [3.05, 3.63) is 35.4 Å². The number of nitrogens with one attached hydrogen (secondary N) is 1. The van der Waals surface area contributed by atoms with Gasteiger partial charge in [0.25, 0.3) is 0 Å². The maximum Gasteiger partial charge on any atom is 0.236 e. The first kappa shape index (κ1) is 15.0. The van der Waals surface area contributed by atoms with Crippen molar-refractivity contribution in [1.29, 1.82) is 0 Å². The van der Waals surface area contributed by atoms with Crippen LogP contribution in [-0.4, -0.2) is 23.0 Å². The SMILES string of the molecule is CC1(C(=O)NCc2ccccc2C#CCN)CCCS1. The van der Waals surface area contributed by atoms with Crippen LogP contribution < -0.4 is 11.1 Å². The van der Waals surface area contributed by atoms with Gasteiger partial charge in [-0.1, -0.05) is 30.0 Å². The van der Waals surface area contributed by atoms with Crippen LogP contribution in [0.25, 0.3) is 0 Å². The van der Waals surface area contributed by atoms with Crippen molar-refractivity contribution in [1.82, 2.24) is 5.32 Å². The summed E-state index contributed by atoms with van der Waals surface area (Å²) in [6, 6.07) is 7.85. The van der Waals surface area contributed by atoms with Crippen LogP contribution in [0, 0.1) is 11.8 Å². The molecule has 2 rings (SSSR count). The van der Waals surface area contributed by atoms with Crippen molar-refractivity contribution in [2.24, 2.45) is 5.73 Å². The highest BCUT2D eigenvalue weighted by molar-refractivity contribution is 8.01. The molecule has 0 saturated carbocycles. The van der Waals surface area contributed by atoms with E-state index in [0.29, 0.717) is 13.1 Å². The monoisotopic (exact) mass is 288 g/mol. The molecule has 0 aromatic heterocycles. The van der Waals surface area contributed by atoms with E-state index in [4.69, 9.17) is 5.73 Å². The zero-order valence-electron chi connectivity index (χ0n) is 11.7. The fourth-order valence-electron chi connectivity index (χ4n) is 2.26. The zero-order valence-corrected chi connectivity index (χ0v) is 12.6. The fourth-order valence-corrected chi connectivity index (χ4v) is 3.49. The highest BCUT2D eigenvalue weighted by atomic mass is 32.2. The van der Waals surface area contributed by atoms with Gasteiger partial charge in [0.05, 0.1) is 11.3 Å². The molecule has 0 radical (unpaired) electrons. The molecule has 1 heterocycles. The molecular weight excluding hydrogens is 268 g/mol. The molecule has 1 aliphatic heterocycles. The molecule has 20 heavy (non-hydrogen) atoms. The lowest BCUT2D eigenvalue weighted by atomic mass is 10.0. The molecular formula is C16H20N2OS. The minimum atomic E-state index is -0.266. The highest BCUT2D eigenvalue weighted by Crippen LogP contribution is 2.37. The van der Waals surface area contributed by atoms with Crippen LogP contribution in [0.4, 0.5) is 0 Å². The molecule has 1 atom stereocenters. The van der Waals surface area contributed by atoms with Crippen LogP contribution in [0.3, 0.4) is 0 Å². The molecule has 106 valence electrons. The lowest BCUT2D eigenvalue weighted by Crippen LogP contribution is -2.39. The number of carbonyl (C=O) groups excluding carboxylic acids is 1. The predicted octanol–water partition coefficient (Wildman–Crippen LogP) is 1.90. The third kappa shape index (κ3) is 3.56. The van der Waals surface area contributed by atoms with Crippen molar-refractivity contribution in [3.63, 3.8) is 0 Å². The van der Waals surface area contributed by atoms with E-state index < -0.39 is 0 Å². The molecule has 1 aromatic rings. The lowest BCUT2D eigenvalue weighted by Gasteiger charge is -2.21. The van der Waals surface area contributed by atoms with Crippen LogP contribution >= 0.6 is 11.8 Å². The quantitative estimate of drug-likeness (QED) is 0.835. The number of benzene rings is 1. The fraction of sp³-hybridized carbons (Fsp3) is 0.438. The Morgan fingerprint density at radius 2 is 2.30 bits per heavy atom. The Morgan fingerprint density at radius 1 is 1.50 bits per heavy atom. The van der Waals surface area contributed by atoms with Crippen LogP contribution in [0.2, 0.25) is 0 Å². The summed E-state index contributed by atoms with van der Waals surface area (Å²) in [6.45, 7) is 2.89. The van der Waals surface area contributed by atoms with Crippen LogP contribution in [0.1, 0.15) is 30.9 Å². The lowest BCUT2D eigenvalue weighted by molar-refractivity contribution is -0.123. The summed E-state index contributed by atoms with van der Waals surface area (Å²) in [7, 11) is 0. The third-order valence-corrected chi connectivity index (χ3v) is 5.00. The van der Waals surface area contributed by atoms with Crippen LogP contribution in [-0.2, 0) is 11.3 Å². The average Bonchev–Trinajstić information content (AvgIpc) is 2.91. The smallest absolute Gasteiger partial charge is 0.236 e. The Hall–Kier alpha value is -1.44. The summed E-state index contributed by atoms with van der Waals surface area (Å²) < 4.78 is -0.266. The number of nitrogens with two attached hydrogens (primary N) is 1. The van der Waals surface area contributed by atoms with Gasteiger partial charge < -0.3 is 11.1 Å². The second-order valence-corrected chi connectivity index (χ2v) is 6.63. The second kappa shape index (κ2) is 6.83. The van der Waals surface area contributed by atoms with E-state index in [1.165, 1.54) is 0 Å². The molecule has 1 aromatic carbocycles. The molecule has 3 nitrogen and oxygen atoms in total. The van der Waals surface area contributed by atoms with Crippen molar-refractivity contribution >= 4 is 17.7 Å². The molecule has 0 spiro atoms. The number of amides is 1.